The molecule has 0 bridgehead atoms. The number of allylic oxidation sites excluding steroid dienone is 1. The van der Waals surface area contributed by atoms with Gasteiger partial charge in [0.25, 0.3) is 0 Å². The molecule has 132 valence electrons. The van der Waals surface area contributed by atoms with Gasteiger partial charge in [-0.1, -0.05) is 73.8 Å². The van der Waals surface area contributed by atoms with Gasteiger partial charge in [0.2, 0.25) is 0 Å². The Kier molecular flexibility index (Phi) is 3.12. The van der Waals surface area contributed by atoms with Crippen LogP contribution in [0.2, 0.25) is 0 Å². The van der Waals surface area contributed by atoms with Gasteiger partial charge >= 0.3 is 0 Å². The summed E-state index contributed by atoms with van der Waals surface area (Å²) in [6, 6.07) is 22.0. The second-order valence-electron chi connectivity index (χ2n) is 7.22. The Morgan fingerprint density at radius 3 is 2.25 bits per heavy atom. The molecule has 0 amide bonds. The topological polar surface area (TPSA) is 15.8 Å². The van der Waals surface area contributed by atoms with E-state index in [9.17, 15) is 0 Å². The minimum Gasteiger partial charge on any atom is -0.354 e. The van der Waals surface area contributed by atoms with Gasteiger partial charge < -0.3 is 4.98 Å². The molecule has 1 N–H and O–H groups in total. The lowest BCUT2D eigenvalue weighted by atomic mass is 9.98. The zero-order valence-electron chi connectivity index (χ0n) is 15.3. The lowest BCUT2D eigenvalue weighted by Gasteiger charge is -2.04. The highest BCUT2D eigenvalue weighted by atomic mass is 32.1. The van der Waals surface area contributed by atoms with Crippen LogP contribution in [0.3, 0.4) is 0 Å². The molecule has 4 aromatic carbocycles. The van der Waals surface area contributed by atoms with Gasteiger partial charge in [-0.3, -0.25) is 0 Å². The molecule has 28 heavy (non-hydrogen) atoms. The molecule has 1 nitrogen and oxygen atoms in total. The SMILES string of the molecule is C=C/C=c1\c(=C)[nH]c2c3sc4cc5ccccc5cc4c3c3ccccc3c12. The van der Waals surface area contributed by atoms with Crippen molar-refractivity contribution < 1.29 is 0 Å². The van der Waals surface area contributed by atoms with Gasteiger partial charge in [0, 0.05) is 31.4 Å². The molecule has 2 heteroatoms. The average molecular weight is 375 g/mol. The lowest BCUT2D eigenvalue weighted by Crippen LogP contribution is -2.20. The molecule has 6 aromatic rings. The van der Waals surface area contributed by atoms with Gasteiger partial charge in [-0.25, -0.2) is 0 Å². The van der Waals surface area contributed by atoms with Crippen molar-refractivity contribution in [3.8, 4) is 0 Å². The van der Waals surface area contributed by atoms with E-state index in [0.717, 1.165) is 10.6 Å². The number of nitrogens with one attached hydrogen (secondary N) is 1. The van der Waals surface area contributed by atoms with Crippen molar-refractivity contribution in [3.05, 3.63) is 83.9 Å². The summed E-state index contributed by atoms with van der Waals surface area (Å²) in [5.41, 5.74) is 1.18. The summed E-state index contributed by atoms with van der Waals surface area (Å²) >= 11 is 1.86. The third-order valence-corrected chi connectivity index (χ3v) is 6.82. The highest BCUT2D eigenvalue weighted by Gasteiger charge is 2.16. The van der Waals surface area contributed by atoms with Crippen molar-refractivity contribution in [2.75, 3.05) is 0 Å². The molecule has 0 radical (unpaired) electrons. The van der Waals surface area contributed by atoms with Crippen LogP contribution in [-0.4, -0.2) is 4.98 Å². The van der Waals surface area contributed by atoms with E-state index in [0.29, 0.717) is 0 Å². The van der Waals surface area contributed by atoms with E-state index in [-0.39, 0.29) is 0 Å². The van der Waals surface area contributed by atoms with E-state index in [4.69, 9.17) is 0 Å². The number of hydrogen-bond donors (Lipinski definition) is 1. The average Bonchev–Trinajstić information content (AvgIpc) is 3.25. The third-order valence-electron chi connectivity index (χ3n) is 5.65. The van der Waals surface area contributed by atoms with E-state index in [1.807, 2.05) is 17.4 Å². The van der Waals surface area contributed by atoms with E-state index in [1.165, 1.54) is 52.6 Å². The second-order valence-corrected chi connectivity index (χ2v) is 8.27. The number of hydrogen-bond acceptors (Lipinski definition) is 1. The summed E-state index contributed by atoms with van der Waals surface area (Å²) in [6.45, 7) is 8.16. The minimum atomic E-state index is 0.940. The van der Waals surface area contributed by atoms with Crippen molar-refractivity contribution in [2.45, 2.75) is 0 Å². The van der Waals surface area contributed by atoms with Crippen LogP contribution in [0.15, 0.2) is 73.3 Å². The Balaban J connectivity index is 1.99. The number of rotatable bonds is 1. The fourth-order valence-corrected chi connectivity index (χ4v) is 5.72. The van der Waals surface area contributed by atoms with E-state index >= 15 is 0 Å². The molecule has 6 rings (SSSR count). The van der Waals surface area contributed by atoms with Crippen LogP contribution < -0.4 is 10.6 Å². The van der Waals surface area contributed by atoms with Gasteiger partial charge in [0.15, 0.2) is 0 Å². The molecule has 0 aliphatic heterocycles. The number of aromatic nitrogens is 1. The minimum absolute atomic E-state index is 0.940. The maximum Gasteiger partial charge on any atom is 0.0652 e. The normalized spacial score (nSPS) is 12.8. The van der Waals surface area contributed by atoms with Crippen LogP contribution in [0.25, 0.3) is 65.3 Å². The van der Waals surface area contributed by atoms with Crippen LogP contribution in [0.4, 0.5) is 0 Å². The van der Waals surface area contributed by atoms with Crippen molar-refractivity contribution >= 4 is 76.6 Å². The van der Waals surface area contributed by atoms with Gasteiger partial charge in [-0.2, -0.15) is 0 Å². The van der Waals surface area contributed by atoms with E-state index < -0.39 is 0 Å². The maximum atomic E-state index is 4.26. The Bertz CT molecular complexity index is 1700. The van der Waals surface area contributed by atoms with Crippen LogP contribution in [0.5, 0.6) is 0 Å². The number of aromatic amines is 1. The highest BCUT2D eigenvalue weighted by molar-refractivity contribution is 7.27. The van der Waals surface area contributed by atoms with Crippen molar-refractivity contribution in [1.82, 2.24) is 4.98 Å². The molecular weight excluding hydrogens is 358 g/mol. The van der Waals surface area contributed by atoms with Crippen LogP contribution in [0, 0.1) is 0 Å². The quantitative estimate of drug-likeness (QED) is 0.351. The maximum absolute atomic E-state index is 4.26. The van der Waals surface area contributed by atoms with Crippen LogP contribution >= 0.6 is 11.3 Å². The molecule has 2 heterocycles. The van der Waals surface area contributed by atoms with E-state index in [1.54, 1.807) is 0 Å². The molecule has 0 unspecified atom stereocenters. The Labute approximate surface area is 165 Å². The molecule has 0 fully saturated rings. The van der Waals surface area contributed by atoms with Crippen molar-refractivity contribution in [3.63, 3.8) is 0 Å². The Morgan fingerprint density at radius 2 is 1.50 bits per heavy atom. The third kappa shape index (κ3) is 1.96. The Hall–Kier alpha value is -3.36. The summed E-state index contributed by atoms with van der Waals surface area (Å²) in [7, 11) is 0. The number of benzene rings is 4. The monoisotopic (exact) mass is 375 g/mol. The summed E-state index contributed by atoms with van der Waals surface area (Å²) in [6.07, 6.45) is 3.90. The Morgan fingerprint density at radius 1 is 0.821 bits per heavy atom. The first-order chi connectivity index (χ1) is 13.8. The summed E-state index contributed by atoms with van der Waals surface area (Å²) < 4.78 is 2.62. The highest BCUT2D eigenvalue weighted by Crippen LogP contribution is 2.43. The largest absolute Gasteiger partial charge is 0.354 e. The molecule has 2 aromatic heterocycles. The zero-order valence-corrected chi connectivity index (χ0v) is 16.1. The van der Waals surface area contributed by atoms with Crippen molar-refractivity contribution in [1.29, 1.82) is 0 Å². The fourth-order valence-electron chi connectivity index (χ4n) is 4.46. The van der Waals surface area contributed by atoms with Gasteiger partial charge in [-0.05, 0) is 33.7 Å². The molecule has 0 spiro atoms. The summed E-state index contributed by atoms with van der Waals surface area (Å²) in [5, 5.41) is 11.1. The first-order valence-electron chi connectivity index (χ1n) is 9.35. The smallest absolute Gasteiger partial charge is 0.0652 e. The molecule has 0 saturated heterocycles. The van der Waals surface area contributed by atoms with Gasteiger partial charge in [0.05, 0.1) is 10.2 Å². The van der Waals surface area contributed by atoms with Crippen LogP contribution in [-0.2, 0) is 0 Å². The fraction of sp³-hybridized carbons (Fsp3) is 0. The summed E-state index contributed by atoms with van der Waals surface area (Å²) in [4.78, 5) is 3.57. The second kappa shape index (κ2) is 5.57. The van der Waals surface area contributed by atoms with Crippen LogP contribution in [0.1, 0.15) is 0 Å². The van der Waals surface area contributed by atoms with Crippen molar-refractivity contribution in [2.24, 2.45) is 0 Å². The first kappa shape index (κ1) is 15.7. The van der Waals surface area contributed by atoms with Gasteiger partial charge in [-0.15, -0.1) is 11.3 Å². The molecule has 0 aliphatic rings. The molecule has 0 aliphatic carbocycles. The summed E-state index contributed by atoms with van der Waals surface area (Å²) in [5.74, 6) is 0. The predicted molar refractivity (Wildman–Crippen MR) is 126 cm³/mol. The number of thiophene rings is 1. The number of H-pyrrole nitrogens is 1. The molecular formula is C26H17NS. The standard InChI is InChI=1S/C26H17NS/c1-3-8-18-15(2)27-25-23(18)19-11-6-7-12-20(19)24-21-13-16-9-4-5-10-17(16)14-22(21)28-26(24)25/h3-14,27H,1-2H2/b18-8+. The van der Waals surface area contributed by atoms with E-state index in [2.05, 4.69) is 84.9 Å². The zero-order chi connectivity index (χ0) is 18.8. The lowest BCUT2D eigenvalue weighted by molar-refractivity contribution is 1.38. The molecule has 0 atom stereocenters. The number of fused-ring (bicyclic) bond motifs is 9. The predicted octanol–water partition coefficient (Wildman–Crippen LogP) is 6.22. The molecule has 0 saturated carbocycles. The van der Waals surface area contributed by atoms with Gasteiger partial charge in [0.1, 0.15) is 0 Å². The first-order valence-corrected chi connectivity index (χ1v) is 10.2.